The molecular formula is C10H18O4. The summed E-state index contributed by atoms with van der Waals surface area (Å²) >= 11 is 0. The Morgan fingerprint density at radius 2 is 1.57 bits per heavy atom. The predicted molar refractivity (Wildman–Crippen MR) is 49.7 cm³/mol. The van der Waals surface area contributed by atoms with Gasteiger partial charge in [-0.25, -0.2) is 0 Å². The second-order valence-corrected chi connectivity index (χ2v) is 4.55. The third-order valence-corrected chi connectivity index (χ3v) is 2.64. The van der Waals surface area contributed by atoms with E-state index >= 15 is 0 Å². The Morgan fingerprint density at radius 1 is 1.00 bits per heavy atom. The van der Waals surface area contributed by atoms with Crippen LogP contribution >= 0.6 is 0 Å². The van der Waals surface area contributed by atoms with E-state index in [9.17, 15) is 0 Å². The highest BCUT2D eigenvalue weighted by atomic mass is 16.7. The molecule has 4 nitrogen and oxygen atoms in total. The minimum absolute atomic E-state index is 0.0658. The van der Waals surface area contributed by atoms with E-state index in [0.29, 0.717) is 39.1 Å². The van der Waals surface area contributed by atoms with E-state index in [4.69, 9.17) is 18.9 Å². The lowest BCUT2D eigenvalue weighted by atomic mass is 9.91. The molecule has 4 heteroatoms. The van der Waals surface area contributed by atoms with Crippen molar-refractivity contribution >= 4 is 0 Å². The van der Waals surface area contributed by atoms with Crippen molar-refractivity contribution in [2.75, 3.05) is 33.2 Å². The zero-order valence-electron chi connectivity index (χ0n) is 8.82. The van der Waals surface area contributed by atoms with E-state index in [0.717, 1.165) is 0 Å². The molecule has 2 fully saturated rings. The van der Waals surface area contributed by atoms with Gasteiger partial charge in [0.15, 0.2) is 6.29 Å². The fourth-order valence-electron chi connectivity index (χ4n) is 1.78. The Kier molecular flexibility index (Phi) is 3.07. The van der Waals surface area contributed by atoms with Gasteiger partial charge in [0.05, 0.1) is 31.8 Å². The van der Waals surface area contributed by atoms with Crippen LogP contribution in [0.25, 0.3) is 0 Å². The van der Waals surface area contributed by atoms with Crippen molar-refractivity contribution in [1.82, 2.24) is 0 Å². The fourth-order valence-corrected chi connectivity index (χ4v) is 1.78. The van der Waals surface area contributed by atoms with E-state index in [1.54, 1.807) is 0 Å². The van der Waals surface area contributed by atoms with Gasteiger partial charge in [0.25, 0.3) is 0 Å². The predicted octanol–water partition coefficient (Wildman–Crippen LogP) is 1.01. The van der Waals surface area contributed by atoms with Crippen LogP contribution < -0.4 is 0 Å². The highest BCUT2D eigenvalue weighted by molar-refractivity contribution is 4.83. The van der Waals surface area contributed by atoms with Crippen molar-refractivity contribution < 1.29 is 18.9 Å². The quantitative estimate of drug-likeness (QED) is 0.636. The second kappa shape index (κ2) is 4.14. The topological polar surface area (TPSA) is 36.9 Å². The van der Waals surface area contributed by atoms with Crippen molar-refractivity contribution in [1.29, 1.82) is 0 Å². The first kappa shape index (κ1) is 10.4. The molecule has 0 aromatic heterocycles. The molecule has 0 aliphatic carbocycles. The van der Waals surface area contributed by atoms with Crippen molar-refractivity contribution in [3.8, 4) is 0 Å². The lowest BCUT2D eigenvalue weighted by molar-refractivity contribution is -0.289. The third-order valence-electron chi connectivity index (χ3n) is 2.64. The average molecular weight is 202 g/mol. The van der Waals surface area contributed by atoms with Gasteiger partial charge < -0.3 is 18.9 Å². The molecule has 2 aliphatic heterocycles. The minimum Gasteiger partial charge on any atom is -0.355 e. The van der Waals surface area contributed by atoms with Gasteiger partial charge in [-0.1, -0.05) is 13.8 Å². The largest absolute Gasteiger partial charge is 0.355 e. The maximum absolute atomic E-state index is 5.65. The van der Waals surface area contributed by atoms with E-state index in [2.05, 4.69) is 13.8 Å². The van der Waals surface area contributed by atoms with E-state index in [1.165, 1.54) is 0 Å². The summed E-state index contributed by atoms with van der Waals surface area (Å²) in [4.78, 5) is 0. The molecule has 0 amide bonds. The molecule has 14 heavy (non-hydrogen) atoms. The summed E-state index contributed by atoms with van der Waals surface area (Å²) in [5.74, 6) is 0.401. The zero-order chi connectivity index (χ0) is 10.0. The Labute approximate surface area is 84.5 Å². The summed E-state index contributed by atoms with van der Waals surface area (Å²) in [6.45, 7) is 7.30. The number of ether oxygens (including phenoxy) is 4. The van der Waals surface area contributed by atoms with Crippen LogP contribution in [-0.4, -0.2) is 39.5 Å². The SMILES string of the molecule is CC(C)C1OCC2(COCOC2)CO1. The van der Waals surface area contributed by atoms with E-state index in [1.807, 2.05) is 0 Å². The summed E-state index contributed by atoms with van der Waals surface area (Å²) in [6.07, 6.45) is -0.0671. The van der Waals surface area contributed by atoms with Gasteiger partial charge in [0.1, 0.15) is 6.79 Å². The Balaban J connectivity index is 1.87. The Morgan fingerprint density at radius 3 is 2.07 bits per heavy atom. The first-order valence-corrected chi connectivity index (χ1v) is 5.11. The van der Waals surface area contributed by atoms with Crippen LogP contribution in [0, 0.1) is 11.3 Å². The van der Waals surface area contributed by atoms with Crippen LogP contribution in [0.4, 0.5) is 0 Å². The van der Waals surface area contributed by atoms with E-state index in [-0.39, 0.29) is 11.7 Å². The molecule has 0 aromatic carbocycles. The van der Waals surface area contributed by atoms with Crippen LogP contribution in [0.1, 0.15) is 13.8 Å². The lowest BCUT2D eigenvalue weighted by Crippen LogP contribution is -2.51. The Hall–Kier alpha value is -0.160. The monoisotopic (exact) mass is 202 g/mol. The van der Waals surface area contributed by atoms with Crippen LogP contribution in [0.2, 0.25) is 0 Å². The molecule has 2 aliphatic rings. The molecule has 82 valence electrons. The van der Waals surface area contributed by atoms with Crippen LogP contribution in [0.3, 0.4) is 0 Å². The molecule has 2 saturated heterocycles. The molecule has 0 N–H and O–H groups in total. The van der Waals surface area contributed by atoms with Crippen molar-refractivity contribution in [2.45, 2.75) is 20.1 Å². The van der Waals surface area contributed by atoms with Crippen LogP contribution in [-0.2, 0) is 18.9 Å². The van der Waals surface area contributed by atoms with Crippen LogP contribution in [0.5, 0.6) is 0 Å². The molecule has 0 bridgehead atoms. The zero-order valence-corrected chi connectivity index (χ0v) is 8.82. The highest BCUT2D eigenvalue weighted by Gasteiger charge is 2.40. The summed E-state index contributed by atoms with van der Waals surface area (Å²) < 4.78 is 21.9. The number of hydrogen-bond acceptors (Lipinski definition) is 4. The standard InChI is InChI=1S/C10H18O4/c1-8(2)9-13-5-10(6-14-9)3-11-7-12-4-10/h8-9H,3-7H2,1-2H3. The maximum Gasteiger partial charge on any atom is 0.159 e. The molecule has 0 saturated carbocycles. The molecule has 2 rings (SSSR count). The highest BCUT2D eigenvalue weighted by Crippen LogP contribution is 2.29. The summed E-state index contributed by atoms with van der Waals surface area (Å²) in [5, 5.41) is 0. The van der Waals surface area contributed by atoms with Gasteiger partial charge >= 0.3 is 0 Å². The van der Waals surface area contributed by atoms with Gasteiger partial charge in [-0.05, 0) is 0 Å². The van der Waals surface area contributed by atoms with Crippen molar-refractivity contribution in [3.63, 3.8) is 0 Å². The lowest BCUT2D eigenvalue weighted by Gasteiger charge is -2.42. The first-order chi connectivity index (χ1) is 6.72. The van der Waals surface area contributed by atoms with E-state index < -0.39 is 0 Å². The number of rotatable bonds is 1. The summed E-state index contributed by atoms with van der Waals surface area (Å²) in [6, 6.07) is 0. The smallest absolute Gasteiger partial charge is 0.159 e. The van der Waals surface area contributed by atoms with Gasteiger partial charge in [-0.3, -0.25) is 0 Å². The first-order valence-electron chi connectivity index (χ1n) is 5.11. The molecular weight excluding hydrogens is 184 g/mol. The normalized spacial score (nSPS) is 28.5. The second-order valence-electron chi connectivity index (χ2n) is 4.55. The molecule has 0 atom stereocenters. The average Bonchev–Trinajstić information content (AvgIpc) is 2.19. The van der Waals surface area contributed by atoms with Gasteiger partial charge in [-0.15, -0.1) is 0 Å². The Bertz CT molecular complexity index is 177. The summed E-state index contributed by atoms with van der Waals surface area (Å²) in [5.41, 5.74) is -0.0658. The van der Waals surface area contributed by atoms with Crippen LogP contribution in [0.15, 0.2) is 0 Å². The summed E-state index contributed by atoms with van der Waals surface area (Å²) in [7, 11) is 0. The fraction of sp³-hybridized carbons (Fsp3) is 1.00. The molecule has 2 heterocycles. The van der Waals surface area contributed by atoms with Crippen molar-refractivity contribution in [3.05, 3.63) is 0 Å². The molecule has 1 spiro atoms. The van der Waals surface area contributed by atoms with Crippen molar-refractivity contribution in [2.24, 2.45) is 11.3 Å². The van der Waals surface area contributed by atoms with Gasteiger partial charge in [0.2, 0.25) is 0 Å². The minimum atomic E-state index is -0.0671. The molecule has 0 radical (unpaired) electrons. The molecule has 0 unspecified atom stereocenters. The maximum atomic E-state index is 5.65. The van der Waals surface area contributed by atoms with Gasteiger partial charge in [-0.2, -0.15) is 0 Å². The third kappa shape index (κ3) is 2.08. The number of hydrogen-bond donors (Lipinski definition) is 0. The van der Waals surface area contributed by atoms with Gasteiger partial charge in [0, 0.05) is 5.92 Å². The molecule has 0 aromatic rings.